The molecule has 0 aliphatic carbocycles. The van der Waals surface area contributed by atoms with E-state index in [1.54, 1.807) is 11.8 Å². The number of ether oxygens (including phenoxy) is 1. The van der Waals surface area contributed by atoms with E-state index in [1.165, 1.54) is 11.1 Å². The molecule has 2 heterocycles. The first-order chi connectivity index (χ1) is 22.0. The Morgan fingerprint density at radius 1 is 0.822 bits per heavy atom. The van der Waals surface area contributed by atoms with Crippen LogP contribution in [0.4, 0.5) is 5.69 Å². The van der Waals surface area contributed by atoms with Crippen molar-refractivity contribution in [3.05, 3.63) is 131 Å². The molecule has 1 aromatic heterocycles. The number of carbonyl (C=O) groups excluding carboxylic acids is 2. The van der Waals surface area contributed by atoms with E-state index in [4.69, 9.17) is 4.74 Å². The van der Waals surface area contributed by atoms with Crippen LogP contribution in [0.1, 0.15) is 37.5 Å². The number of hydrogen-bond donors (Lipinski definition) is 2. The number of thioether (sulfide) groups is 1. The number of aryl methyl sites for hydroxylation is 1. The van der Waals surface area contributed by atoms with Crippen LogP contribution in [0, 0.1) is 6.92 Å². The van der Waals surface area contributed by atoms with Gasteiger partial charge in [-0.05, 0) is 54.4 Å². The molecule has 0 radical (unpaired) electrons. The smallest absolute Gasteiger partial charge is 0.267 e. The first-order valence-corrected chi connectivity index (χ1v) is 16.4. The molecule has 0 unspecified atom stereocenters. The van der Waals surface area contributed by atoms with E-state index in [9.17, 15) is 9.59 Å². The molecule has 1 saturated heterocycles. The fourth-order valence-electron chi connectivity index (χ4n) is 5.66. The van der Waals surface area contributed by atoms with Crippen LogP contribution in [0.3, 0.4) is 0 Å². The Hall–Kier alpha value is -4.37. The lowest BCUT2D eigenvalue weighted by Crippen LogP contribution is -2.41. The van der Waals surface area contributed by atoms with Gasteiger partial charge in [0.1, 0.15) is 5.69 Å². The van der Waals surface area contributed by atoms with Gasteiger partial charge in [-0.25, -0.2) is 0 Å². The zero-order chi connectivity index (χ0) is 31.0. The van der Waals surface area contributed by atoms with Gasteiger partial charge < -0.3 is 19.9 Å². The molecule has 1 aliphatic heterocycles. The van der Waals surface area contributed by atoms with E-state index in [1.807, 2.05) is 72.8 Å². The minimum atomic E-state index is -0.161. The lowest BCUT2D eigenvalue weighted by atomic mass is 10.1. The summed E-state index contributed by atoms with van der Waals surface area (Å²) in [4.78, 5) is 30.3. The number of nitrogens with one attached hydrogen (secondary N) is 2. The van der Waals surface area contributed by atoms with Crippen LogP contribution < -0.4 is 10.6 Å². The number of carbonyl (C=O) groups is 2. The van der Waals surface area contributed by atoms with Gasteiger partial charge in [-0.1, -0.05) is 72.3 Å². The van der Waals surface area contributed by atoms with Gasteiger partial charge in [0, 0.05) is 60.0 Å². The van der Waals surface area contributed by atoms with Crippen molar-refractivity contribution in [3.8, 4) is 0 Å². The maximum absolute atomic E-state index is 13.5. The van der Waals surface area contributed by atoms with E-state index < -0.39 is 0 Å². The van der Waals surface area contributed by atoms with E-state index in [2.05, 4.69) is 57.4 Å². The summed E-state index contributed by atoms with van der Waals surface area (Å²) in [7, 11) is 0. The number of fused-ring (bicyclic) bond motifs is 1. The number of morpholine rings is 1. The number of hydrogen-bond acceptors (Lipinski definition) is 5. The van der Waals surface area contributed by atoms with Gasteiger partial charge >= 0.3 is 0 Å². The van der Waals surface area contributed by atoms with Gasteiger partial charge in [-0.15, -0.1) is 11.8 Å². The van der Waals surface area contributed by atoms with Gasteiger partial charge in [0.25, 0.3) is 11.8 Å². The predicted molar refractivity (Wildman–Crippen MR) is 182 cm³/mol. The highest BCUT2D eigenvalue weighted by Crippen LogP contribution is 2.29. The summed E-state index contributed by atoms with van der Waals surface area (Å²) in [6.45, 7) is 7.22. The molecular formula is C37H38N4O3S. The van der Waals surface area contributed by atoms with Crippen molar-refractivity contribution in [3.63, 3.8) is 0 Å². The van der Waals surface area contributed by atoms with E-state index >= 15 is 0 Å². The van der Waals surface area contributed by atoms with Gasteiger partial charge in [0.15, 0.2) is 0 Å². The molecule has 4 aromatic carbocycles. The number of rotatable bonds is 11. The molecule has 7 nitrogen and oxygen atoms in total. The molecule has 6 rings (SSSR count). The number of anilines is 1. The van der Waals surface area contributed by atoms with E-state index in [0.717, 1.165) is 60.0 Å². The highest BCUT2D eigenvalue weighted by molar-refractivity contribution is 7.98. The SMILES string of the molecule is Cc1cccc(Cn2c(C(=O)NCCN3CCOCC3)cc3cc(NC(=O)c4ccccc4SCc4ccccc4)ccc32)c1. The first-order valence-electron chi connectivity index (χ1n) is 15.4. The molecule has 0 saturated carbocycles. The van der Waals surface area contributed by atoms with Gasteiger partial charge in [-0.3, -0.25) is 14.5 Å². The number of benzene rings is 4. The van der Waals surface area contributed by atoms with Crippen molar-refractivity contribution in [2.75, 3.05) is 44.7 Å². The highest BCUT2D eigenvalue weighted by atomic mass is 32.2. The van der Waals surface area contributed by atoms with Crippen molar-refractivity contribution in [2.24, 2.45) is 0 Å². The fraction of sp³-hybridized carbons (Fsp3) is 0.243. The second kappa shape index (κ2) is 14.6. The topological polar surface area (TPSA) is 75.6 Å². The van der Waals surface area contributed by atoms with Crippen molar-refractivity contribution < 1.29 is 14.3 Å². The normalized spacial score (nSPS) is 13.5. The fourth-order valence-corrected chi connectivity index (χ4v) is 6.66. The average Bonchev–Trinajstić information content (AvgIpc) is 3.42. The summed E-state index contributed by atoms with van der Waals surface area (Å²) >= 11 is 1.65. The molecule has 2 N–H and O–H groups in total. The predicted octanol–water partition coefficient (Wildman–Crippen LogP) is 6.60. The summed E-state index contributed by atoms with van der Waals surface area (Å²) in [6, 6.07) is 34.1. The summed E-state index contributed by atoms with van der Waals surface area (Å²) in [5.74, 6) is 0.510. The summed E-state index contributed by atoms with van der Waals surface area (Å²) < 4.78 is 7.51. The Balaban J connectivity index is 1.22. The summed E-state index contributed by atoms with van der Waals surface area (Å²) in [5, 5.41) is 7.12. The first kappa shape index (κ1) is 30.6. The third kappa shape index (κ3) is 7.84. The lowest BCUT2D eigenvalue weighted by Gasteiger charge is -2.26. The Labute approximate surface area is 268 Å². The monoisotopic (exact) mass is 618 g/mol. The molecular weight excluding hydrogens is 580 g/mol. The molecule has 5 aromatic rings. The average molecular weight is 619 g/mol. The van der Waals surface area contributed by atoms with Crippen LogP contribution >= 0.6 is 11.8 Å². The third-order valence-electron chi connectivity index (χ3n) is 8.00. The lowest BCUT2D eigenvalue weighted by molar-refractivity contribution is 0.0383. The van der Waals surface area contributed by atoms with Crippen LogP contribution in [0.5, 0.6) is 0 Å². The molecule has 45 heavy (non-hydrogen) atoms. The zero-order valence-corrected chi connectivity index (χ0v) is 26.3. The molecule has 2 amide bonds. The molecule has 0 bridgehead atoms. The Bertz CT molecular complexity index is 1780. The van der Waals surface area contributed by atoms with Crippen molar-refractivity contribution >= 4 is 40.2 Å². The van der Waals surface area contributed by atoms with E-state index in [-0.39, 0.29) is 11.8 Å². The minimum Gasteiger partial charge on any atom is -0.379 e. The maximum atomic E-state index is 13.5. The van der Waals surface area contributed by atoms with Crippen LogP contribution in [-0.4, -0.2) is 60.7 Å². The van der Waals surface area contributed by atoms with Crippen LogP contribution in [0.25, 0.3) is 10.9 Å². The minimum absolute atomic E-state index is 0.109. The maximum Gasteiger partial charge on any atom is 0.267 e. The summed E-state index contributed by atoms with van der Waals surface area (Å²) in [5.41, 5.74) is 6.35. The third-order valence-corrected chi connectivity index (χ3v) is 9.15. The zero-order valence-electron chi connectivity index (χ0n) is 25.5. The Kier molecular flexibility index (Phi) is 9.95. The van der Waals surface area contributed by atoms with Crippen LogP contribution in [0.15, 0.2) is 108 Å². The van der Waals surface area contributed by atoms with E-state index in [0.29, 0.717) is 30.0 Å². The Morgan fingerprint density at radius 3 is 2.42 bits per heavy atom. The largest absolute Gasteiger partial charge is 0.379 e. The molecule has 8 heteroatoms. The number of nitrogens with zero attached hydrogens (tertiary/aromatic N) is 2. The number of amides is 2. The van der Waals surface area contributed by atoms with Crippen molar-refractivity contribution in [2.45, 2.75) is 24.1 Å². The molecule has 0 atom stereocenters. The van der Waals surface area contributed by atoms with Crippen LogP contribution in [0.2, 0.25) is 0 Å². The van der Waals surface area contributed by atoms with Crippen molar-refractivity contribution in [1.29, 1.82) is 0 Å². The number of aromatic nitrogens is 1. The van der Waals surface area contributed by atoms with Crippen molar-refractivity contribution in [1.82, 2.24) is 14.8 Å². The second-order valence-electron chi connectivity index (χ2n) is 11.3. The highest BCUT2D eigenvalue weighted by Gasteiger charge is 2.19. The second-order valence-corrected chi connectivity index (χ2v) is 12.3. The Morgan fingerprint density at radius 2 is 1.60 bits per heavy atom. The standard InChI is InChI=1S/C37H38N4O3S/c1-27-8-7-11-29(22-27)25-41-33-15-14-31(23-30(33)24-34(41)37(43)38-16-17-40-18-20-44-21-19-40)39-36(42)32-12-5-6-13-35(32)45-26-28-9-3-2-4-10-28/h2-15,22-24H,16-21,25-26H2,1H3,(H,38,43)(H,39,42). The molecule has 230 valence electrons. The van der Waals surface area contributed by atoms with Gasteiger partial charge in [0.2, 0.25) is 0 Å². The summed E-state index contributed by atoms with van der Waals surface area (Å²) in [6.07, 6.45) is 0. The van der Waals surface area contributed by atoms with Crippen LogP contribution in [-0.2, 0) is 17.0 Å². The quantitative estimate of drug-likeness (QED) is 0.163. The molecule has 0 spiro atoms. The van der Waals surface area contributed by atoms with Gasteiger partial charge in [0.05, 0.1) is 18.8 Å². The molecule has 1 aliphatic rings. The molecule has 1 fully saturated rings. The van der Waals surface area contributed by atoms with Gasteiger partial charge in [-0.2, -0.15) is 0 Å².